The van der Waals surface area contributed by atoms with Crippen LogP contribution < -0.4 is 5.32 Å². The second kappa shape index (κ2) is 5.28. The van der Waals surface area contributed by atoms with Gasteiger partial charge in [-0.3, -0.25) is 0 Å². The number of hydrogen-bond donors (Lipinski definition) is 1. The SMILES string of the molecule is COCCNCCn1cncc1C1CC1. The van der Waals surface area contributed by atoms with Gasteiger partial charge in [-0.05, 0) is 12.8 Å². The van der Waals surface area contributed by atoms with Crippen LogP contribution in [0.1, 0.15) is 24.5 Å². The minimum Gasteiger partial charge on any atom is -0.383 e. The third kappa shape index (κ3) is 3.04. The Balaban J connectivity index is 1.70. The number of nitrogens with one attached hydrogen (secondary N) is 1. The molecule has 0 aromatic carbocycles. The smallest absolute Gasteiger partial charge is 0.0948 e. The molecular weight excluding hydrogens is 190 g/mol. The maximum absolute atomic E-state index is 4.97. The molecule has 4 heteroatoms. The van der Waals surface area contributed by atoms with Crippen molar-refractivity contribution in [3.05, 3.63) is 18.2 Å². The molecule has 0 aliphatic heterocycles. The van der Waals surface area contributed by atoms with Crippen molar-refractivity contribution >= 4 is 0 Å². The van der Waals surface area contributed by atoms with Crippen LogP contribution in [0.5, 0.6) is 0 Å². The Bertz CT molecular complexity index is 294. The minimum atomic E-state index is 0.777. The Morgan fingerprint density at radius 3 is 3.13 bits per heavy atom. The molecule has 84 valence electrons. The zero-order valence-electron chi connectivity index (χ0n) is 9.28. The predicted octanol–water partition coefficient (Wildman–Crippen LogP) is 0.996. The van der Waals surface area contributed by atoms with E-state index >= 15 is 0 Å². The van der Waals surface area contributed by atoms with Crippen molar-refractivity contribution < 1.29 is 4.74 Å². The van der Waals surface area contributed by atoms with Crippen molar-refractivity contribution in [3.63, 3.8) is 0 Å². The Morgan fingerprint density at radius 1 is 1.53 bits per heavy atom. The van der Waals surface area contributed by atoms with Crippen molar-refractivity contribution in [3.8, 4) is 0 Å². The van der Waals surface area contributed by atoms with E-state index in [1.807, 2.05) is 12.5 Å². The molecule has 1 aliphatic rings. The molecule has 0 saturated heterocycles. The lowest BCUT2D eigenvalue weighted by molar-refractivity contribution is 0.199. The van der Waals surface area contributed by atoms with Crippen LogP contribution in [0, 0.1) is 0 Å². The van der Waals surface area contributed by atoms with E-state index in [1.165, 1.54) is 18.5 Å². The zero-order valence-corrected chi connectivity index (χ0v) is 9.28. The predicted molar refractivity (Wildman–Crippen MR) is 58.9 cm³/mol. The van der Waals surface area contributed by atoms with Gasteiger partial charge in [0.1, 0.15) is 0 Å². The molecule has 1 N–H and O–H groups in total. The van der Waals surface area contributed by atoms with Crippen molar-refractivity contribution in [1.29, 1.82) is 0 Å². The molecule has 0 amide bonds. The summed E-state index contributed by atoms with van der Waals surface area (Å²) in [7, 11) is 1.72. The third-order valence-corrected chi connectivity index (χ3v) is 2.75. The standard InChI is InChI=1S/C11H19N3O/c1-15-7-5-12-4-6-14-9-13-8-11(14)10-2-3-10/h8-10,12H,2-7H2,1H3. The highest BCUT2D eigenvalue weighted by Gasteiger charge is 2.26. The summed E-state index contributed by atoms with van der Waals surface area (Å²) in [5, 5.41) is 3.34. The van der Waals surface area contributed by atoms with E-state index in [9.17, 15) is 0 Å². The van der Waals surface area contributed by atoms with E-state index in [0.29, 0.717) is 0 Å². The summed E-state index contributed by atoms with van der Waals surface area (Å²) in [5.41, 5.74) is 1.41. The summed E-state index contributed by atoms with van der Waals surface area (Å²) in [6, 6.07) is 0. The molecule has 0 unspecified atom stereocenters. The van der Waals surface area contributed by atoms with Crippen LogP contribution >= 0.6 is 0 Å². The lowest BCUT2D eigenvalue weighted by Crippen LogP contribution is -2.23. The van der Waals surface area contributed by atoms with Gasteiger partial charge in [0.2, 0.25) is 0 Å². The second-order valence-electron chi connectivity index (χ2n) is 4.03. The monoisotopic (exact) mass is 209 g/mol. The van der Waals surface area contributed by atoms with Crippen molar-refractivity contribution in [2.45, 2.75) is 25.3 Å². The first-order valence-corrected chi connectivity index (χ1v) is 5.61. The van der Waals surface area contributed by atoms with Crippen LogP contribution in [0.25, 0.3) is 0 Å². The highest BCUT2D eigenvalue weighted by Crippen LogP contribution is 2.39. The topological polar surface area (TPSA) is 39.1 Å². The van der Waals surface area contributed by atoms with Crippen LogP contribution in [0.2, 0.25) is 0 Å². The molecule has 1 aromatic rings. The molecule has 1 saturated carbocycles. The Labute approximate surface area is 90.6 Å². The fourth-order valence-corrected chi connectivity index (χ4v) is 1.74. The largest absolute Gasteiger partial charge is 0.383 e. The summed E-state index contributed by atoms with van der Waals surface area (Å²) >= 11 is 0. The molecular formula is C11H19N3O. The first-order chi connectivity index (χ1) is 7.42. The van der Waals surface area contributed by atoms with Gasteiger partial charge in [-0.1, -0.05) is 0 Å². The zero-order chi connectivity index (χ0) is 10.5. The first-order valence-electron chi connectivity index (χ1n) is 5.61. The number of ether oxygens (including phenoxy) is 1. The first kappa shape index (κ1) is 10.6. The van der Waals surface area contributed by atoms with Gasteiger partial charge in [0.05, 0.1) is 12.9 Å². The lowest BCUT2D eigenvalue weighted by atomic mass is 10.3. The molecule has 15 heavy (non-hydrogen) atoms. The summed E-state index contributed by atoms with van der Waals surface area (Å²) in [6.45, 7) is 3.69. The van der Waals surface area contributed by atoms with Crippen molar-refractivity contribution in [2.75, 3.05) is 26.8 Å². The van der Waals surface area contributed by atoms with Gasteiger partial charge in [0.15, 0.2) is 0 Å². The van der Waals surface area contributed by atoms with Crippen molar-refractivity contribution in [1.82, 2.24) is 14.9 Å². The molecule has 1 aliphatic carbocycles. The van der Waals surface area contributed by atoms with Crippen LogP contribution in [0.15, 0.2) is 12.5 Å². The van der Waals surface area contributed by atoms with Gasteiger partial charge in [-0.25, -0.2) is 4.98 Å². The average Bonchev–Trinajstić information content (AvgIpc) is 2.99. The third-order valence-electron chi connectivity index (χ3n) is 2.75. The number of hydrogen-bond acceptors (Lipinski definition) is 3. The maximum atomic E-state index is 4.97. The molecule has 1 fully saturated rings. The fourth-order valence-electron chi connectivity index (χ4n) is 1.74. The quantitative estimate of drug-likeness (QED) is 0.681. The fraction of sp³-hybridized carbons (Fsp3) is 0.727. The normalized spacial score (nSPS) is 15.8. The molecule has 4 nitrogen and oxygen atoms in total. The second-order valence-corrected chi connectivity index (χ2v) is 4.03. The maximum Gasteiger partial charge on any atom is 0.0948 e. The van der Waals surface area contributed by atoms with Gasteiger partial charge >= 0.3 is 0 Å². The van der Waals surface area contributed by atoms with Crippen LogP contribution in [-0.4, -0.2) is 36.4 Å². The summed E-state index contributed by atoms with van der Waals surface area (Å²) < 4.78 is 7.23. The molecule has 2 rings (SSSR count). The highest BCUT2D eigenvalue weighted by molar-refractivity contribution is 5.12. The number of aromatic nitrogens is 2. The van der Waals surface area contributed by atoms with Crippen LogP contribution in [-0.2, 0) is 11.3 Å². The lowest BCUT2D eigenvalue weighted by Gasteiger charge is -2.08. The Morgan fingerprint density at radius 2 is 2.40 bits per heavy atom. The molecule has 0 radical (unpaired) electrons. The van der Waals surface area contributed by atoms with Crippen LogP contribution in [0.4, 0.5) is 0 Å². The van der Waals surface area contributed by atoms with E-state index < -0.39 is 0 Å². The van der Waals surface area contributed by atoms with E-state index in [2.05, 4.69) is 14.9 Å². The average molecular weight is 209 g/mol. The highest BCUT2D eigenvalue weighted by atomic mass is 16.5. The van der Waals surface area contributed by atoms with Gasteiger partial charge in [-0.2, -0.15) is 0 Å². The Kier molecular flexibility index (Phi) is 3.75. The van der Waals surface area contributed by atoms with Gasteiger partial charge in [0.25, 0.3) is 0 Å². The summed E-state index contributed by atoms with van der Waals surface area (Å²) in [5.74, 6) is 0.784. The molecule has 0 bridgehead atoms. The number of rotatable bonds is 7. The number of nitrogens with zero attached hydrogens (tertiary/aromatic N) is 2. The Hall–Kier alpha value is -0.870. The van der Waals surface area contributed by atoms with E-state index in [1.54, 1.807) is 7.11 Å². The summed E-state index contributed by atoms with van der Waals surface area (Å²) in [4.78, 5) is 4.21. The number of imidazole rings is 1. The van der Waals surface area contributed by atoms with Crippen LogP contribution in [0.3, 0.4) is 0 Å². The van der Waals surface area contributed by atoms with E-state index in [-0.39, 0.29) is 0 Å². The molecule has 1 aromatic heterocycles. The van der Waals surface area contributed by atoms with Gasteiger partial charge in [0, 0.05) is 44.6 Å². The summed E-state index contributed by atoms with van der Waals surface area (Å²) in [6.07, 6.45) is 6.62. The number of methoxy groups -OCH3 is 1. The van der Waals surface area contributed by atoms with Crippen molar-refractivity contribution in [2.24, 2.45) is 0 Å². The molecule has 0 atom stereocenters. The van der Waals surface area contributed by atoms with Gasteiger partial charge < -0.3 is 14.6 Å². The minimum absolute atomic E-state index is 0.777. The van der Waals surface area contributed by atoms with E-state index in [4.69, 9.17) is 4.74 Å². The molecule has 1 heterocycles. The van der Waals surface area contributed by atoms with E-state index in [0.717, 1.165) is 32.2 Å². The van der Waals surface area contributed by atoms with Gasteiger partial charge in [-0.15, -0.1) is 0 Å². The molecule has 0 spiro atoms.